The highest BCUT2D eigenvalue weighted by Gasteiger charge is 2.36. The van der Waals surface area contributed by atoms with E-state index in [1.54, 1.807) is 0 Å². The van der Waals surface area contributed by atoms with Gasteiger partial charge in [0, 0.05) is 12.2 Å². The Morgan fingerprint density at radius 2 is 1.88 bits per heavy atom. The van der Waals surface area contributed by atoms with Gasteiger partial charge in [-0.15, -0.1) is 11.8 Å². The second-order valence-corrected chi connectivity index (χ2v) is 10.5. The molecule has 7 nitrogen and oxygen atoms in total. The van der Waals surface area contributed by atoms with Gasteiger partial charge in [-0.3, -0.25) is 19.4 Å². The van der Waals surface area contributed by atoms with E-state index in [2.05, 4.69) is 24.3 Å². The van der Waals surface area contributed by atoms with Gasteiger partial charge in [-0.1, -0.05) is 48.5 Å². The van der Waals surface area contributed by atoms with E-state index in [4.69, 9.17) is 9.47 Å². The zero-order chi connectivity index (χ0) is 23.7. The average molecular weight is 480 g/mol. The second kappa shape index (κ2) is 9.35. The number of aromatic amines is 1. The Balaban J connectivity index is 1.52. The van der Waals surface area contributed by atoms with Gasteiger partial charge in [0.15, 0.2) is 0 Å². The Labute approximate surface area is 202 Å². The first-order valence-electron chi connectivity index (χ1n) is 11.6. The molecule has 0 unspecified atom stereocenters. The number of ether oxygens (including phenoxy) is 2. The van der Waals surface area contributed by atoms with Gasteiger partial charge in [-0.05, 0) is 38.3 Å². The van der Waals surface area contributed by atoms with Crippen LogP contribution < -0.4 is 15.6 Å². The van der Waals surface area contributed by atoms with E-state index in [-0.39, 0.29) is 34.1 Å². The van der Waals surface area contributed by atoms with E-state index in [9.17, 15) is 9.59 Å². The quantitative estimate of drug-likeness (QED) is 0.556. The molecule has 5 rings (SSSR count). The van der Waals surface area contributed by atoms with Crippen LogP contribution in [0, 0.1) is 0 Å². The van der Waals surface area contributed by atoms with E-state index >= 15 is 0 Å². The molecule has 2 aliphatic rings. The van der Waals surface area contributed by atoms with Crippen molar-refractivity contribution in [3.8, 4) is 5.75 Å². The Hall–Kier alpha value is -2.97. The molecule has 0 aliphatic carbocycles. The summed E-state index contributed by atoms with van der Waals surface area (Å²) < 4.78 is 13.9. The van der Waals surface area contributed by atoms with Gasteiger partial charge in [-0.25, -0.2) is 0 Å². The number of rotatable bonds is 5. The highest BCUT2D eigenvalue weighted by Crippen LogP contribution is 2.44. The van der Waals surface area contributed by atoms with Crippen LogP contribution in [-0.4, -0.2) is 33.6 Å². The molecule has 1 amide bonds. The van der Waals surface area contributed by atoms with E-state index in [0.29, 0.717) is 30.3 Å². The zero-order valence-electron chi connectivity index (χ0n) is 19.4. The number of aromatic nitrogens is 2. The number of amides is 1. The molecule has 2 aromatic carbocycles. The summed E-state index contributed by atoms with van der Waals surface area (Å²) in [7, 11) is 0. The van der Waals surface area contributed by atoms with Crippen LogP contribution >= 0.6 is 11.8 Å². The third-order valence-electron chi connectivity index (χ3n) is 6.34. The molecule has 2 aliphatic heterocycles. The molecule has 1 saturated heterocycles. The maximum Gasteiger partial charge on any atom is 0.270 e. The fourth-order valence-corrected chi connectivity index (χ4v) is 5.90. The van der Waals surface area contributed by atoms with Crippen molar-refractivity contribution in [1.82, 2.24) is 9.78 Å². The minimum absolute atomic E-state index is 0.0359. The summed E-state index contributed by atoms with van der Waals surface area (Å²) >= 11 is 1.45. The van der Waals surface area contributed by atoms with Crippen molar-refractivity contribution >= 4 is 23.5 Å². The molecule has 2 atom stereocenters. The fraction of sp³-hybridized carbons (Fsp3) is 0.385. The van der Waals surface area contributed by atoms with Gasteiger partial charge in [0.05, 0.1) is 28.2 Å². The molecule has 1 fully saturated rings. The summed E-state index contributed by atoms with van der Waals surface area (Å²) in [5.74, 6) is 1.41. The van der Waals surface area contributed by atoms with Crippen LogP contribution in [-0.2, 0) is 16.1 Å². The maximum atomic E-state index is 13.3. The number of para-hydroxylation sites is 1. The van der Waals surface area contributed by atoms with Crippen molar-refractivity contribution in [2.24, 2.45) is 0 Å². The van der Waals surface area contributed by atoms with Gasteiger partial charge in [0.25, 0.3) is 5.56 Å². The summed E-state index contributed by atoms with van der Waals surface area (Å²) in [6, 6.07) is 17.8. The summed E-state index contributed by atoms with van der Waals surface area (Å²) in [5.41, 5.74) is 2.04. The highest BCUT2D eigenvalue weighted by atomic mass is 32.2. The van der Waals surface area contributed by atoms with E-state index in [0.717, 1.165) is 24.0 Å². The molecule has 178 valence electrons. The predicted molar refractivity (Wildman–Crippen MR) is 134 cm³/mol. The Morgan fingerprint density at radius 1 is 1.12 bits per heavy atom. The Bertz CT molecular complexity index is 1230. The number of benzene rings is 2. The van der Waals surface area contributed by atoms with Crippen molar-refractivity contribution < 1.29 is 14.3 Å². The molecular formula is C26H29N3O4S. The fourth-order valence-electron chi connectivity index (χ4n) is 4.75. The third-order valence-corrected chi connectivity index (χ3v) is 7.59. The lowest BCUT2D eigenvalue weighted by molar-refractivity contribution is -0.113. The molecule has 3 aromatic rings. The lowest BCUT2D eigenvalue weighted by atomic mass is 9.94. The molecule has 34 heavy (non-hydrogen) atoms. The number of hydrogen-bond acceptors (Lipinski definition) is 5. The van der Waals surface area contributed by atoms with E-state index in [1.165, 1.54) is 11.8 Å². The van der Waals surface area contributed by atoms with Crippen molar-refractivity contribution in [2.75, 3.05) is 17.7 Å². The number of carbonyl (C=O) groups excluding carboxylic acids is 1. The number of carbonyl (C=O) groups is 1. The van der Waals surface area contributed by atoms with E-state index < -0.39 is 0 Å². The summed E-state index contributed by atoms with van der Waals surface area (Å²) in [6.07, 6.45) is 1.51. The van der Waals surface area contributed by atoms with Crippen molar-refractivity contribution in [3.05, 3.63) is 81.6 Å². The molecule has 3 heterocycles. The standard InChI is InChI=1S/C26H29N3O4S/c1-26(2)14-18(12-13-33-26)29-24-22(25(31)28-29)23(34-16-21(30)27-24)19-10-6-7-11-20(19)32-15-17-8-4-3-5-9-17/h3-11,18,23H,12-16H2,1-2H3,(H,27,30)(H,28,31)/t18-,23-/m0/s1. The van der Waals surface area contributed by atoms with Crippen molar-refractivity contribution in [1.29, 1.82) is 0 Å². The third kappa shape index (κ3) is 4.65. The zero-order valence-corrected chi connectivity index (χ0v) is 20.2. The predicted octanol–water partition coefficient (Wildman–Crippen LogP) is 4.66. The van der Waals surface area contributed by atoms with Gasteiger partial charge < -0.3 is 14.8 Å². The average Bonchev–Trinajstić information content (AvgIpc) is 3.03. The molecule has 1 aromatic heterocycles. The minimum atomic E-state index is -0.334. The van der Waals surface area contributed by atoms with Crippen molar-refractivity contribution in [2.45, 2.75) is 50.2 Å². The van der Waals surface area contributed by atoms with E-state index in [1.807, 2.05) is 59.3 Å². The van der Waals surface area contributed by atoms with Crippen molar-refractivity contribution in [3.63, 3.8) is 0 Å². The first-order valence-corrected chi connectivity index (χ1v) is 12.6. The van der Waals surface area contributed by atoms with Crippen LogP contribution in [0.3, 0.4) is 0 Å². The van der Waals surface area contributed by atoms with Gasteiger partial charge >= 0.3 is 0 Å². The smallest absolute Gasteiger partial charge is 0.270 e. The summed E-state index contributed by atoms with van der Waals surface area (Å²) in [4.78, 5) is 26.0. The van der Waals surface area contributed by atoms with Gasteiger partial charge in [-0.2, -0.15) is 0 Å². The Kier molecular flexibility index (Phi) is 6.27. The molecule has 8 heteroatoms. The van der Waals surface area contributed by atoms with Crippen LogP contribution in [0.25, 0.3) is 0 Å². The largest absolute Gasteiger partial charge is 0.489 e. The molecule has 0 saturated carbocycles. The van der Waals surface area contributed by atoms with Crippen LogP contribution in [0.15, 0.2) is 59.4 Å². The van der Waals surface area contributed by atoms with Crippen LogP contribution in [0.5, 0.6) is 5.75 Å². The van der Waals surface area contributed by atoms with Gasteiger partial charge in [0.2, 0.25) is 5.91 Å². The molecule has 0 radical (unpaired) electrons. The van der Waals surface area contributed by atoms with Crippen LogP contribution in [0.2, 0.25) is 0 Å². The second-order valence-electron chi connectivity index (χ2n) is 9.38. The Morgan fingerprint density at radius 3 is 2.68 bits per heavy atom. The van der Waals surface area contributed by atoms with Gasteiger partial charge in [0.1, 0.15) is 18.2 Å². The minimum Gasteiger partial charge on any atom is -0.489 e. The van der Waals surface area contributed by atoms with Crippen LogP contribution in [0.4, 0.5) is 5.82 Å². The molecular weight excluding hydrogens is 450 g/mol. The topological polar surface area (TPSA) is 85.4 Å². The molecule has 0 spiro atoms. The summed E-state index contributed by atoms with van der Waals surface area (Å²) in [5, 5.41) is 5.69. The normalized spacial score (nSPS) is 21.9. The summed E-state index contributed by atoms with van der Waals surface area (Å²) in [6.45, 7) is 5.14. The first-order chi connectivity index (χ1) is 16.4. The number of anilines is 1. The monoisotopic (exact) mass is 479 g/mol. The lowest BCUT2D eigenvalue weighted by Crippen LogP contribution is -2.36. The number of nitrogens with zero attached hydrogens (tertiary/aromatic N) is 1. The number of thioether (sulfide) groups is 1. The first kappa shape index (κ1) is 22.8. The lowest BCUT2D eigenvalue weighted by Gasteiger charge is -2.36. The SMILES string of the molecule is CC1(C)C[C@@H](n2[nH]c(=O)c3c2NC(=O)CS[C@H]3c2ccccc2OCc2ccccc2)CCO1. The number of H-pyrrole nitrogens is 1. The highest BCUT2D eigenvalue weighted by molar-refractivity contribution is 8.00. The number of fused-ring (bicyclic) bond motifs is 1. The van der Waals surface area contributed by atoms with Crippen LogP contribution in [0.1, 0.15) is 54.7 Å². The molecule has 2 N–H and O–H groups in total. The number of hydrogen-bond donors (Lipinski definition) is 2. The molecule has 0 bridgehead atoms. The number of nitrogens with one attached hydrogen (secondary N) is 2. The maximum absolute atomic E-state index is 13.3.